The van der Waals surface area contributed by atoms with Crippen molar-refractivity contribution in [3.63, 3.8) is 0 Å². The Labute approximate surface area is 239 Å². The summed E-state index contributed by atoms with van der Waals surface area (Å²) in [6, 6.07) is 12.8. The van der Waals surface area contributed by atoms with E-state index < -0.39 is 23.6 Å². The van der Waals surface area contributed by atoms with E-state index in [1.54, 1.807) is 18.2 Å². The topological polar surface area (TPSA) is 160 Å². The molecule has 0 atom stereocenters. The van der Waals surface area contributed by atoms with Gasteiger partial charge in [0.25, 0.3) is 0 Å². The van der Waals surface area contributed by atoms with Crippen LogP contribution in [0, 0.1) is 0 Å². The number of nitrogens with one attached hydrogen (secondary N) is 4. The number of carbonyl (C=O) groups is 4. The van der Waals surface area contributed by atoms with E-state index in [2.05, 4.69) is 26.5 Å². The van der Waals surface area contributed by atoms with Crippen LogP contribution in [-0.2, 0) is 32.1 Å². The normalized spacial score (nSPS) is 10.6. The Bertz CT molecular complexity index is 1400. The van der Waals surface area contributed by atoms with E-state index in [-0.39, 0.29) is 24.5 Å². The van der Waals surface area contributed by atoms with Gasteiger partial charge in [0.1, 0.15) is 11.5 Å². The van der Waals surface area contributed by atoms with Crippen LogP contribution in [0.3, 0.4) is 0 Å². The second-order valence-corrected chi connectivity index (χ2v) is 8.87. The number of anilines is 1. The number of amides is 4. The van der Waals surface area contributed by atoms with Crippen molar-refractivity contribution in [3.8, 4) is 11.5 Å². The number of furan rings is 1. The number of hydrazone groups is 1. The molecule has 3 rings (SSSR count). The minimum atomic E-state index is -0.963. The molecule has 4 amide bonds. The van der Waals surface area contributed by atoms with Crippen molar-refractivity contribution in [3.05, 3.63) is 75.7 Å². The van der Waals surface area contributed by atoms with Gasteiger partial charge < -0.3 is 29.8 Å². The SMILES string of the molecule is COc1ccc(CCNC(=O)C(=O)N/N=C/c2ccc(CNC(=O)C(=O)Nc3cc(Cl)cc(Cl)c3)o2)cc1OC. The Morgan fingerprint density at radius 2 is 1.55 bits per heavy atom. The molecule has 14 heteroatoms. The lowest BCUT2D eigenvalue weighted by atomic mass is 10.1. The Hall–Kier alpha value is -4.55. The maximum Gasteiger partial charge on any atom is 0.329 e. The van der Waals surface area contributed by atoms with E-state index in [4.69, 9.17) is 37.1 Å². The molecule has 4 N–H and O–H groups in total. The van der Waals surface area contributed by atoms with Gasteiger partial charge in [0.2, 0.25) is 0 Å². The number of hydrogen-bond acceptors (Lipinski definition) is 8. The van der Waals surface area contributed by atoms with Gasteiger partial charge in [0, 0.05) is 22.3 Å². The number of hydrogen-bond donors (Lipinski definition) is 4. The van der Waals surface area contributed by atoms with Gasteiger partial charge >= 0.3 is 23.6 Å². The molecule has 210 valence electrons. The van der Waals surface area contributed by atoms with E-state index in [0.717, 1.165) is 5.56 Å². The molecule has 3 aromatic rings. The lowest BCUT2D eigenvalue weighted by Gasteiger charge is -2.09. The fraction of sp³-hybridized carbons (Fsp3) is 0.192. The number of halogens is 2. The van der Waals surface area contributed by atoms with E-state index in [1.807, 2.05) is 6.07 Å². The maximum atomic E-state index is 12.1. The molecule has 2 aromatic carbocycles. The summed E-state index contributed by atoms with van der Waals surface area (Å²) in [5, 5.41) is 11.6. The highest BCUT2D eigenvalue weighted by molar-refractivity contribution is 6.40. The summed E-state index contributed by atoms with van der Waals surface area (Å²) < 4.78 is 15.9. The third-order valence-corrected chi connectivity index (χ3v) is 5.58. The molecule has 0 aliphatic rings. The third kappa shape index (κ3) is 9.03. The van der Waals surface area contributed by atoms with E-state index in [9.17, 15) is 19.2 Å². The van der Waals surface area contributed by atoms with Crippen molar-refractivity contribution < 1.29 is 33.1 Å². The summed E-state index contributed by atoms with van der Waals surface area (Å²) in [7, 11) is 3.06. The standard InChI is InChI=1S/C26H25Cl2N5O7/c1-38-21-6-3-15(9-22(21)39-2)7-8-29-24(35)26(37)33-31-14-20-5-4-19(40-20)13-30-23(34)25(36)32-18-11-16(27)10-17(28)12-18/h3-6,9-12,14H,7-8,13H2,1-2H3,(H,29,35)(H,30,34)(H,32,36)(H,33,37)/b31-14+. The molecule has 0 aliphatic heterocycles. The second kappa shape index (κ2) is 14.6. The largest absolute Gasteiger partial charge is 0.493 e. The van der Waals surface area contributed by atoms with Crippen LogP contribution in [0.25, 0.3) is 0 Å². The molecule has 0 saturated carbocycles. The Balaban J connectivity index is 1.39. The minimum absolute atomic E-state index is 0.0920. The number of benzene rings is 2. The monoisotopic (exact) mass is 589 g/mol. The average Bonchev–Trinajstić information content (AvgIpc) is 3.38. The molecular formula is C26H25Cl2N5O7. The zero-order valence-electron chi connectivity index (χ0n) is 21.4. The first-order chi connectivity index (χ1) is 19.2. The molecule has 1 heterocycles. The molecule has 0 saturated heterocycles. The van der Waals surface area contributed by atoms with Crippen LogP contribution < -0.4 is 30.8 Å². The van der Waals surface area contributed by atoms with Crippen LogP contribution >= 0.6 is 23.2 Å². The van der Waals surface area contributed by atoms with Crippen LogP contribution in [-0.4, -0.2) is 50.6 Å². The van der Waals surface area contributed by atoms with Gasteiger partial charge in [-0.1, -0.05) is 29.3 Å². The molecular weight excluding hydrogens is 565 g/mol. The van der Waals surface area contributed by atoms with E-state index in [1.165, 1.54) is 44.7 Å². The Morgan fingerprint density at radius 3 is 2.25 bits per heavy atom. The number of methoxy groups -OCH3 is 2. The van der Waals surface area contributed by atoms with Crippen molar-refractivity contribution in [2.75, 3.05) is 26.1 Å². The molecule has 12 nitrogen and oxygen atoms in total. The summed E-state index contributed by atoms with van der Waals surface area (Å²) in [5.41, 5.74) is 3.25. The van der Waals surface area contributed by atoms with Crippen LogP contribution in [0.5, 0.6) is 11.5 Å². The molecule has 0 spiro atoms. The summed E-state index contributed by atoms with van der Waals surface area (Å²) in [6.45, 7) is 0.120. The maximum absolute atomic E-state index is 12.1. The summed E-state index contributed by atoms with van der Waals surface area (Å²) >= 11 is 11.7. The third-order valence-electron chi connectivity index (χ3n) is 5.14. The summed E-state index contributed by atoms with van der Waals surface area (Å²) in [4.78, 5) is 48.1. The lowest BCUT2D eigenvalue weighted by Crippen LogP contribution is -2.38. The van der Waals surface area contributed by atoms with E-state index >= 15 is 0 Å². The predicted molar refractivity (Wildman–Crippen MR) is 148 cm³/mol. The highest BCUT2D eigenvalue weighted by Crippen LogP contribution is 2.27. The minimum Gasteiger partial charge on any atom is -0.493 e. The number of carbonyl (C=O) groups excluding carboxylic acids is 4. The molecule has 0 aliphatic carbocycles. The summed E-state index contributed by atoms with van der Waals surface area (Å²) in [6.07, 6.45) is 1.64. The average molecular weight is 590 g/mol. The number of nitrogens with zero attached hydrogens (tertiary/aromatic N) is 1. The van der Waals surface area contributed by atoms with Crippen LogP contribution in [0.15, 0.2) is 58.0 Å². The quantitative estimate of drug-likeness (QED) is 0.160. The van der Waals surface area contributed by atoms with Crippen molar-refractivity contribution in [2.45, 2.75) is 13.0 Å². The zero-order chi connectivity index (χ0) is 29.1. The van der Waals surface area contributed by atoms with Gasteiger partial charge in [-0.3, -0.25) is 19.2 Å². The molecule has 0 fully saturated rings. The second-order valence-electron chi connectivity index (χ2n) is 7.99. The van der Waals surface area contributed by atoms with Gasteiger partial charge in [0.15, 0.2) is 11.5 Å². The van der Waals surface area contributed by atoms with Crippen LogP contribution in [0.4, 0.5) is 5.69 Å². The van der Waals surface area contributed by atoms with Gasteiger partial charge in [-0.2, -0.15) is 5.10 Å². The highest BCUT2D eigenvalue weighted by atomic mass is 35.5. The first kappa shape index (κ1) is 30.0. The molecule has 40 heavy (non-hydrogen) atoms. The van der Waals surface area contributed by atoms with E-state index in [0.29, 0.717) is 33.7 Å². The van der Waals surface area contributed by atoms with Crippen molar-refractivity contribution in [2.24, 2.45) is 5.10 Å². The Morgan fingerprint density at radius 1 is 0.850 bits per heavy atom. The van der Waals surface area contributed by atoms with Crippen molar-refractivity contribution >= 4 is 58.7 Å². The molecule has 0 unspecified atom stereocenters. The van der Waals surface area contributed by atoms with Crippen LogP contribution in [0.1, 0.15) is 17.1 Å². The summed E-state index contributed by atoms with van der Waals surface area (Å²) in [5.74, 6) is -1.96. The molecule has 0 bridgehead atoms. The fourth-order valence-corrected chi connectivity index (χ4v) is 3.79. The van der Waals surface area contributed by atoms with Gasteiger partial charge in [-0.05, 0) is 54.4 Å². The zero-order valence-corrected chi connectivity index (χ0v) is 22.9. The first-order valence-electron chi connectivity index (χ1n) is 11.6. The lowest BCUT2D eigenvalue weighted by molar-refractivity contribution is -0.139. The first-order valence-corrected chi connectivity index (χ1v) is 12.4. The van der Waals surface area contributed by atoms with Gasteiger partial charge in [-0.15, -0.1) is 0 Å². The van der Waals surface area contributed by atoms with Gasteiger partial charge in [0.05, 0.1) is 27.0 Å². The number of rotatable bonds is 10. The van der Waals surface area contributed by atoms with Crippen LogP contribution in [0.2, 0.25) is 10.0 Å². The smallest absolute Gasteiger partial charge is 0.329 e. The molecule has 1 aromatic heterocycles. The predicted octanol–water partition coefficient (Wildman–Crippen LogP) is 2.67. The number of ether oxygens (including phenoxy) is 2. The van der Waals surface area contributed by atoms with Gasteiger partial charge in [-0.25, -0.2) is 5.43 Å². The fourth-order valence-electron chi connectivity index (χ4n) is 3.26. The van der Waals surface area contributed by atoms with Crippen molar-refractivity contribution in [1.29, 1.82) is 0 Å². The van der Waals surface area contributed by atoms with Crippen molar-refractivity contribution in [1.82, 2.24) is 16.1 Å². The highest BCUT2D eigenvalue weighted by Gasteiger charge is 2.15. The molecule has 0 radical (unpaired) electrons. The Kier molecular flexibility index (Phi) is 10.9.